The molecule has 0 saturated heterocycles. The fraction of sp³-hybridized carbons (Fsp3) is 0.0417. The summed E-state index contributed by atoms with van der Waals surface area (Å²) in [6, 6.07) is 24.6. The van der Waals surface area contributed by atoms with Crippen molar-refractivity contribution in [1.29, 1.82) is 0 Å². The third-order valence-electron chi connectivity index (χ3n) is 5.27. The number of primary amides is 1. The average Bonchev–Trinajstić information content (AvgIpc) is 3.01. The standard InChI is InChI=1S/C24H17FN2O/c25-18-10-11-19-22(13-18)27(21-7-3-6-20(23(19)21)24(26)28)14-15-8-9-16-4-1-2-5-17(16)12-15/h1-13H,14H2,(H2,26,28). The Kier molecular flexibility index (Phi) is 3.66. The third kappa shape index (κ3) is 2.54. The number of aromatic nitrogens is 1. The molecule has 0 fully saturated rings. The van der Waals surface area contributed by atoms with Crippen LogP contribution in [0.15, 0.2) is 78.9 Å². The summed E-state index contributed by atoms with van der Waals surface area (Å²) in [4.78, 5) is 12.0. The molecule has 0 atom stereocenters. The van der Waals surface area contributed by atoms with Crippen molar-refractivity contribution in [2.45, 2.75) is 6.54 Å². The quantitative estimate of drug-likeness (QED) is 0.465. The third-order valence-corrected chi connectivity index (χ3v) is 5.27. The molecule has 136 valence electrons. The van der Waals surface area contributed by atoms with Gasteiger partial charge in [-0.1, -0.05) is 42.5 Å². The van der Waals surface area contributed by atoms with E-state index in [9.17, 15) is 9.18 Å². The number of carbonyl (C=O) groups is 1. The molecule has 4 aromatic carbocycles. The lowest BCUT2D eigenvalue weighted by molar-refractivity contribution is 0.100. The van der Waals surface area contributed by atoms with E-state index in [4.69, 9.17) is 5.73 Å². The van der Waals surface area contributed by atoms with Crippen molar-refractivity contribution in [2.24, 2.45) is 5.73 Å². The van der Waals surface area contributed by atoms with Gasteiger partial charge in [-0.3, -0.25) is 4.79 Å². The van der Waals surface area contributed by atoms with E-state index < -0.39 is 5.91 Å². The van der Waals surface area contributed by atoms with E-state index in [0.29, 0.717) is 12.1 Å². The zero-order valence-corrected chi connectivity index (χ0v) is 15.0. The summed E-state index contributed by atoms with van der Waals surface area (Å²) < 4.78 is 16.1. The maximum Gasteiger partial charge on any atom is 0.249 e. The van der Waals surface area contributed by atoms with Crippen LogP contribution >= 0.6 is 0 Å². The van der Waals surface area contributed by atoms with Gasteiger partial charge < -0.3 is 10.3 Å². The molecule has 0 bridgehead atoms. The SMILES string of the molecule is NC(=O)c1cccc2c1c1ccc(F)cc1n2Cc1ccc2ccccc2c1. The lowest BCUT2D eigenvalue weighted by atomic mass is 10.1. The number of rotatable bonds is 3. The molecule has 2 N–H and O–H groups in total. The molecule has 0 spiro atoms. The second-order valence-corrected chi connectivity index (χ2v) is 6.99. The number of benzene rings is 4. The number of nitrogens with zero attached hydrogens (tertiary/aromatic N) is 1. The van der Waals surface area contributed by atoms with Crippen LogP contribution in [0.1, 0.15) is 15.9 Å². The van der Waals surface area contributed by atoms with Crippen molar-refractivity contribution in [1.82, 2.24) is 4.57 Å². The molecule has 0 aliphatic heterocycles. The molecular formula is C24H17FN2O. The first kappa shape index (κ1) is 16.5. The predicted octanol–water partition coefficient (Wildman–Crippen LogP) is 5.23. The molecule has 4 heteroatoms. The number of nitrogens with two attached hydrogens (primary N) is 1. The van der Waals surface area contributed by atoms with Gasteiger partial charge in [-0.25, -0.2) is 4.39 Å². The van der Waals surface area contributed by atoms with Crippen LogP contribution in [0.4, 0.5) is 4.39 Å². The Morgan fingerprint density at radius 1 is 0.857 bits per heavy atom. The molecule has 5 rings (SSSR count). The Hall–Kier alpha value is -3.66. The minimum Gasteiger partial charge on any atom is -0.366 e. The summed E-state index contributed by atoms with van der Waals surface area (Å²) in [6.07, 6.45) is 0. The van der Waals surface area contributed by atoms with Crippen molar-refractivity contribution < 1.29 is 9.18 Å². The summed E-state index contributed by atoms with van der Waals surface area (Å²) >= 11 is 0. The van der Waals surface area contributed by atoms with Crippen molar-refractivity contribution in [3.63, 3.8) is 0 Å². The fourth-order valence-electron chi connectivity index (χ4n) is 4.01. The van der Waals surface area contributed by atoms with Crippen molar-refractivity contribution in [3.8, 4) is 0 Å². The molecule has 0 radical (unpaired) electrons. The van der Waals surface area contributed by atoms with Crippen molar-refractivity contribution in [3.05, 3.63) is 95.8 Å². The van der Waals surface area contributed by atoms with E-state index in [1.165, 1.54) is 17.5 Å². The summed E-state index contributed by atoms with van der Waals surface area (Å²) in [6.45, 7) is 0.566. The van der Waals surface area contributed by atoms with Crippen LogP contribution in [-0.4, -0.2) is 10.5 Å². The predicted molar refractivity (Wildman–Crippen MR) is 111 cm³/mol. The van der Waals surface area contributed by atoms with Gasteiger partial charge in [0, 0.05) is 22.9 Å². The fourth-order valence-corrected chi connectivity index (χ4v) is 4.01. The van der Waals surface area contributed by atoms with E-state index in [1.807, 2.05) is 28.8 Å². The molecule has 1 heterocycles. The van der Waals surface area contributed by atoms with Crippen LogP contribution in [0.25, 0.3) is 32.6 Å². The summed E-state index contributed by atoms with van der Waals surface area (Å²) in [7, 11) is 0. The van der Waals surface area contributed by atoms with E-state index in [-0.39, 0.29) is 5.82 Å². The van der Waals surface area contributed by atoms with Gasteiger partial charge in [0.25, 0.3) is 0 Å². The first-order valence-corrected chi connectivity index (χ1v) is 9.10. The van der Waals surface area contributed by atoms with Crippen LogP contribution in [0, 0.1) is 5.82 Å². The second-order valence-electron chi connectivity index (χ2n) is 6.99. The lowest BCUT2D eigenvalue weighted by Crippen LogP contribution is -2.11. The van der Waals surface area contributed by atoms with E-state index >= 15 is 0 Å². The van der Waals surface area contributed by atoms with E-state index in [0.717, 1.165) is 32.8 Å². The maximum atomic E-state index is 14.0. The van der Waals surface area contributed by atoms with Gasteiger partial charge >= 0.3 is 0 Å². The lowest BCUT2D eigenvalue weighted by Gasteiger charge is -2.09. The minimum absolute atomic E-state index is 0.310. The largest absolute Gasteiger partial charge is 0.366 e. The highest BCUT2D eigenvalue weighted by Crippen LogP contribution is 2.33. The van der Waals surface area contributed by atoms with Crippen LogP contribution in [0.3, 0.4) is 0 Å². The highest BCUT2D eigenvalue weighted by Gasteiger charge is 2.17. The Morgan fingerprint density at radius 3 is 2.50 bits per heavy atom. The molecule has 3 nitrogen and oxygen atoms in total. The van der Waals surface area contributed by atoms with Gasteiger partial charge in [0.1, 0.15) is 5.82 Å². The number of fused-ring (bicyclic) bond motifs is 4. The molecule has 1 amide bonds. The molecule has 0 aliphatic carbocycles. The van der Waals surface area contributed by atoms with Gasteiger partial charge in [-0.05, 0) is 52.7 Å². The van der Waals surface area contributed by atoms with Gasteiger partial charge in [-0.15, -0.1) is 0 Å². The number of hydrogen-bond acceptors (Lipinski definition) is 1. The Balaban J connectivity index is 1.78. The highest BCUT2D eigenvalue weighted by atomic mass is 19.1. The molecule has 0 aliphatic rings. The van der Waals surface area contributed by atoms with Gasteiger partial charge in [0.15, 0.2) is 0 Å². The van der Waals surface area contributed by atoms with Crippen molar-refractivity contribution in [2.75, 3.05) is 0 Å². The number of hydrogen-bond donors (Lipinski definition) is 1. The number of halogens is 1. The summed E-state index contributed by atoms with van der Waals surface area (Å²) in [5, 5.41) is 3.93. The molecule has 0 unspecified atom stereocenters. The number of carbonyl (C=O) groups excluding carboxylic acids is 1. The normalized spacial score (nSPS) is 11.5. The van der Waals surface area contributed by atoms with E-state index in [2.05, 4.69) is 30.3 Å². The van der Waals surface area contributed by atoms with Crippen LogP contribution in [0.2, 0.25) is 0 Å². The molecule has 1 aromatic heterocycles. The molecule has 28 heavy (non-hydrogen) atoms. The summed E-state index contributed by atoms with van der Waals surface area (Å²) in [5.74, 6) is -0.796. The Morgan fingerprint density at radius 2 is 1.68 bits per heavy atom. The van der Waals surface area contributed by atoms with Crippen LogP contribution in [-0.2, 0) is 6.54 Å². The highest BCUT2D eigenvalue weighted by molar-refractivity contribution is 6.17. The van der Waals surface area contributed by atoms with Crippen LogP contribution in [0.5, 0.6) is 0 Å². The van der Waals surface area contributed by atoms with Gasteiger partial charge in [-0.2, -0.15) is 0 Å². The average molecular weight is 368 g/mol. The molecular weight excluding hydrogens is 351 g/mol. The zero-order chi connectivity index (χ0) is 19.3. The topological polar surface area (TPSA) is 48.0 Å². The van der Waals surface area contributed by atoms with Crippen molar-refractivity contribution >= 4 is 38.5 Å². The monoisotopic (exact) mass is 368 g/mol. The maximum absolute atomic E-state index is 14.0. The van der Waals surface area contributed by atoms with Gasteiger partial charge in [0.2, 0.25) is 5.91 Å². The smallest absolute Gasteiger partial charge is 0.249 e. The Bertz CT molecular complexity index is 1380. The molecule has 0 saturated carbocycles. The van der Waals surface area contributed by atoms with Crippen LogP contribution < -0.4 is 5.73 Å². The first-order valence-electron chi connectivity index (χ1n) is 9.10. The number of amides is 1. The van der Waals surface area contributed by atoms with E-state index in [1.54, 1.807) is 12.1 Å². The second kappa shape index (κ2) is 6.20. The zero-order valence-electron chi connectivity index (χ0n) is 15.0. The minimum atomic E-state index is -0.486. The summed E-state index contributed by atoms with van der Waals surface area (Å²) in [5.41, 5.74) is 8.77. The Labute approximate surface area is 160 Å². The van der Waals surface area contributed by atoms with Gasteiger partial charge in [0.05, 0.1) is 11.0 Å². The molecule has 5 aromatic rings. The first-order chi connectivity index (χ1) is 13.6.